The minimum absolute atomic E-state index is 0.109. The molecule has 2 unspecified atom stereocenters. The van der Waals surface area contributed by atoms with E-state index in [0.717, 1.165) is 81.3 Å². The van der Waals surface area contributed by atoms with Crippen molar-refractivity contribution in [1.29, 1.82) is 5.26 Å². The second kappa shape index (κ2) is 17.0. The molecule has 236 valence electrons. The van der Waals surface area contributed by atoms with Crippen LogP contribution in [0.2, 0.25) is 5.32 Å². The molecule has 0 aromatic heterocycles. The third-order valence-electron chi connectivity index (χ3n) is 8.44. The molecular formula is C38H44FN3OSSe. The number of Topliss-reactive ketones (excluding diaryl/α,β-unsaturated/α-hetero) is 1. The fourth-order valence-corrected chi connectivity index (χ4v) is 8.38. The average molecular weight is 689 g/mol. The van der Waals surface area contributed by atoms with E-state index in [2.05, 4.69) is 48.8 Å². The predicted molar refractivity (Wildman–Crippen MR) is 190 cm³/mol. The fourth-order valence-electron chi connectivity index (χ4n) is 5.56. The van der Waals surface area contributed by atoms with Crippen LogP contribution in [0, 0.1) is 30.0 Å². The number of likely N-dealkylation sites (N-methyl/N-ethyl adjacent to an activating group) is 1. The Morgan fingerprint density at radius 2 is 1.91 bits per heavy atom. The summed E-state index contributed by atoms with van der Waals surface area (Å²) < 4.78 is 15.4. The van der Waals surface area contributed by atoms with Gasteiger partial charge in [-0.3, -0.25) is 4.79 Å². The Hall–Kier alpha value is -3.14. The molecule has 0 aliphatic heterocycles. The molecule has 4 nitrogen and oxygen atoms in total. The van der Waals surface area contributed by atoms with Gasteiger partial charge in [0.1, 0.15) is 0 Å². The number of nitrogens with one attached hydrogen (secondary N) is 1. The normalized spacial score (nSPS) is 16.2. The van der Waals surface area contributed by atoms with Crippen molar-refractivity contribution in [2.24, 2.45) is 5.92 Å². The van der Waals surface area contributed by atoms with Crippen LogP contribution in [0.5, 0.6) is 0 Å². The first-order chi connectivity index (χ1) is 21.7. The number of thiol groups is 1. The Balaban J connectivity index is 1.36. The maximum atomic E-state index is 15.4. The quantitative estimate of drug-likeness (QED) is 0.103. The van der Waals surface area contributed by atoms with Crippen molar-refractivity contribution in [3.8, 4) is 6.07 Å². The number of nitrogens with zero attached hydrogens (tertiary/aromatic N) is 2. The summed E-state index contributed by atoms with van der Waals surface area (Å²) in [6, 6.07) is 19.8. The standard InChI is InChI=1S/C38H44FN3OSSe/c1-5-34(44)25-45-24-32-21-33(16-15-31(32)22-40)42(6-2)18-17-41-23-28-13-14-30(37(39)19-28)20-29-10-7-9-26(3)38(43)36-12-8-11-35(29)27(36)4/h7-16,19,21,26,34,41,44H,5-6,17-18,20,23-25H2,1-4H3/b9-7?,29-10-. The van der Waals surface area contributed by atoms with Crippen LogP contribution in [0.1, 0.15) is 70.9 Å². The number of allylic oxidation sites excluding steroid dienone is 4. The van der Waals surface area contributed by atoms with E-state index in [9.17, 15) is 10.1 Å². The molecule has 0 heterocycles. The van der Waals surface area contributed by atoms with Crippen molar-refractivity contribution in [2.45, 2.75) is 63.0 Å². The molecule has 1 aliphatic carbocycles. The molecule has 0 saturated carbocycles. The molecule has 2 bridgehead atoms. The molecule has 1 N–H and O–H groups in total. The number of halogens is 1. The van der Waals surface area contributed by atoms with Crippen LogP contribution in [0.25, 0.3) is 5.57 Å². The van der Waals surface area contributed by atoms with Gasteiger partial charge in [-0.15, -0.1) is 0 Å². The van der Waals surface area contributed by atoms with Crippen LogP contribution in [0.15, 0.2) is 72.8 Å². The predicted octanol–water partition coefficient (Wildman–Crippen LogP) is 7.97. The SMILES string of the molecule is CCC(S)C[Se]Cc1cc(N(CC)CCNCc2ccc(C/C3=C/C=CC(C)C(=O)c4cccc3c4C)c(F)c2)ccc1C#N. The zero-order valence-corrected chi connectivity index (χ0v) is 29.4. The van der Waals surface area contributed by atoms with Gasteiger partial charge < -0.3 is 0 Å². The van der Waals surface area contributed by atoms with Crippen molar-refractivity contribution >= 4 is 44.6 Å². The number of rotatable bonds is 14. The molecule has 7 heteroatoms. The Kier molecular flexibility index (Phi) is 13.1. The topological polar surface area (TPSA) is 56.1 Å². The van der Waals surface area contributed by atoms with Crippen molar-refractivity contribution in [3.63, 3.8) is 0 Å². The number of anilines is 1. The molecular weight excluding hydrogens is 644 g/mol. The van der Waals surface area contributed by atoms with Crippen molar-refractivity contribution in [1.82, 2.24) is 5.32 Å². The van der Waals surface area contributed by atoms with Crippen LogP contribution >= 0.6 is 12.6 Å². The van der Waals surface area contributed by atoms with Gasteiger partial charge in [-0.2, -0.15) is 0 Å². The molecule has 0 radical (unpaired) electrons. The van der Waals surface area contributed by atoms with E-state index in [0.29, 0.717) is 38.7 Å². The summed E-state index contributed by atoms with van der Waals surface area (Å²) in [5.41, 5.74) is 8.22. The summed E-state index contributed by atoms with van der Waals surface area (Å²) in [4.78, 5) is 15.2. The zero-order valence-electron chi connectivity index (χ0n) is 26.8. The second-order valence-corrected chi connectivity index (χ2v) is 14.5. The summed E-state index contributed by atoms with van der Waals surface area (Å²) in [5, 5.41) is 15.6. The fraction of sp³-hybridized carbons (Fsp3) is 0.368. The van der Waals surface area contributed by atoms with Crippen LogP contribution in [0.3, 0.4) is 0 Å². The Morgan fingerprint density at radius 3 is 2.64 bits per heavy atom. The number of fused-ring (bicyclic) bond motifs is 2. The molecule has 3 aromatic carbocycles. The first-order valence-corrected chi connectivity index (χ1v) is 18.7. The molecule has 1 aliphatic rings. The Bertz CT molecular complexity index is 1590. The molecule has 0 amide bonds. The number of carbonyl (C=O) groups is 1. The minimum atomic E-state index is -0.220. The van der Waals surface area contributed by atoms with Crippen LogP contribution in [-0.2, 0) is 18.3 Å². The number of nitriles is 1. The van der Waals surface area contributed by atoms with E-state index in [-0.39, 0.29) is 17.5 Å². The Morgan fingerprint density at radius 1 is 1.11 bits per heavy atom. The van der Waals surface area contributed by atoms with Crippen LogP contribution in [-0.4, -0.2) is 45.6 Å². The number of carbonyl (C=O) groups excluding carboxylic acids is 1. The van der Waals surface area contributed by atoms with E-state index in [1.165, 1.54) is 0 Å². The molecule has 45 heavy (non-hydrogen) atoms. The van der Waals surface area contributed by atoms with Gasteiger partial charge in [0.25, 0.3) is 0 Å². The summed E-state index contributed by atoms with van der Waals surface area (Å²) in [6.07, 6.45) is 7.36. The van der Waals surface area contributed by atoms with E-state index in [4.69, 9.17) is 0 Å². The van der Waals surface area contributed by atoms with Gasteiger partial charge in [0.2, 0.25) is 0 Å². The third-order valence-corrected chi connectivity index (χ3v) is 12.0. The van der Waals surface area contributed by atoms with Crippen molar-refractivity contribution < 1.29 is 9.18 Å². The zero-order chi connectivity index (χ0) is 32.3. The summed E-state index contributed by atoms with van der Waals surface area (Å²) in [6.45, 7) is 11.2. The Labute approximate surface area is 280 Å². The molecule has 0 spiro atoms. The number of benzene rings is 3. The van der Waals surface area contributed by atoms with Gasteiger partial charge in [0.05, 0.1) is 0 Å². The van der Waals surface area contributed by atoms with Gasteiger partial charge in [0, 0.05) is 17.9 Å². The summed E-state index contributed by atoms with van der Waals surface area (Å²) >= 11 is 5.05. The average Bonchev–Trinajstić information content (AvgIpc) is 3.06. The molecule has 4 rings (SSSR count). The van der Waals surface area contributed by atoms with E-state index >= 15 is 4.39 Å². The first kappa shape index (κ1) is 34.7. The van der Waals surface area contributed by atoms with E-state index in [1.807, 2.05) is 74.5 Å². The molecule has 0 fully saturated rings. The van der Waals surface area contributed by atoms with Gasteiger partial charge in [-0.25, -0.2) is 4.39 Å². The van der Waals surface area contributed by atoms with Gasteiger partial charge in [-0.05, 0) is 29.2 Å². The van der Waals surface area contributed by atoms with Gasteiger partial charge in [-0.1, -0.05) is 43.4 Å². The third kappa shape index (κ3) is 9.21. The van der Waals surface area contributed by atoms with Crippen LogP contribution < -0.4 is 10.2 Å². The number of ketones is 1. The number of hydrogen-bond acceptors (Lipinski definition) is 5. The van der Waals surface area contributed by atoms with E-state index in [1.54, 1.807) is 6.07 Å². The first-order valence-electron chi connectivity index (χ1n) is 15.8. The van der Waals surface area contributed by atoms with Crippen LogP contribution in [0.4, 0.5) is 10.1 Å². The van der Waals surface area contributed by atoms with Gasteiger partial charge in [0.15, 0.2) is 5.78 Å². The molecule has 2 atom stereocenters. The van der Waals surface area contributed by atoms with E-state index < -0.39 is 0 Å². The van der Waals surface area contributed by atoms with Gasteiger partial charge >= 0.3 is 176 Å². The van der Waals surface area contributed by atoms with Crippen molar-refractivity contribution in [2.75, 3.05) is 24.5 Å². The second-order valence-electron chi connectivity index (χ2n) is 11.6. The monoisotopic (exact) mass is 689 g/mol. The van der Waals surface area contributed by atoms with Crippen molar-refractivity contribution in [3.05, 3.63) is 118 Å². The summed E-state index contributed by atoms with van der Waals surface area (Å²) in [7, 11) is 0. The molecule has 0 saturated heterocycles. The molecule has 3 aromatic rings. The summed E-state index contributed by atoms with van der Waals surface area (Å²) in [5.74, 6) is -0.313. The number of hydrogen-bond donors (Lipinski definition) is 2. The maximum absolute atomic E-state index is 15.4.